The minimum Gasteiger partial charge on any atom is -0.462 e. The molecule has 3 rings (SSSR count). The number of esters is 1. The number of ether oxygens (including phenoxy) is 1. The Labute approximate surface area is 192 Å². The van der Waals surface area contributed by atoms with Gasteiger partial charge in [0.05, 0.1) is 23.6 Å². The van der Waals surface area contributed by atoms with Gasteiger partial charge in [-0.25, -0.2) is 4.79 Å². The van der Waals surface area contributed by atoms with E-state index < -0.39 is 11.9 Å². The lowest BCUT2D eigenvalue weighted by Crippen LogP contribution is -2.53. The molecule has 1 aliphatic rings. The average Bonchev–Trinajstić information content (AvgIpc) is 3.05. The Bertz CT molecular complexity index is 1000. The maximum atomic E-state index is 12.8. The molecule has 1 aromatic heterocycles. The van der Waals surface area contributed by atoms with Crippen LogP contribution in [0.4, 0.5) is 10.7 Å². The van der Waals surface area contributed by atoms with Crippen molar-refractivity contribution in [1.29, 1.82) is 0 Å². The van der Waals surface area contributed by atoms with Crippen LogP contribution in [0.2, 0.25) is 0 Å². The lowest BCUT2D eigenvalue weighted by Gasteiger charge is -2.41. The van der Waals surface area contributed by atoms with E-state index >= 15 is 0 Å². The number of hydrogen-bond donors (Lipinski definition) is 2. The summed E-state index contributed by atoms with van der Waals surface area (Å²) in [5.74, 6) is -1.47. The van der Waals surface area contributed by atoms with E-state index in [-0.39, 0.29) is 35.5 Å². The molecule has 0 spiro atoms. The topological polar surface area (TPSA) is 105 Å². The maximum Gasteiger partial charge on any atom is 0.341 e. The van der Waals surface area contributed by atoms with Crippen molar-refractivity contribution in [3.8, 4) is 0 Å². The van der Waals surface area contributed by atoms with Crippen molar-refractivity contribution in [2.75, 3.05) is 43.0 Å². The van der Waals surface area contributed by atoms with Crippen molar-refractivity contribution in [3.63, 3.8) is 0 Å². The van der Waals surface area contributed by atoms with Crippen LogP contribution in [0.25, 0.3) is 0 Å². The molecule has 2 aromatic rings. The lowest BCUT2D eigenvalue weighted by atomic mass is 10.1. The third kappa shape index (κ3) is 5.28. The van der Waals surface area contributed by atoms with Crippen LogP contribution in [0.3, 0.4) is 0 Å². The van der Waals surface area contributed by atoms with E-state index in [9.17, 15) is 14.4 Å². The third-order valence-electron chi connectivity index (χ3n) is 5.55. The number of aryl methyl sites for hydroxylation is 1. The van der Waals surface area contributed by atoms with Gasteiger partial charge in [0.2, 0.25) is 5.91 Å². The highest BCUT2D eigenvalue weighted by atomic mass is 32.1. The zero-order valence-corrected chi connectivity index (χ0v) is 19.8. The molecule has 8 nitrogen and oxygen atoms in total. The minimum absolute atomic E-state index is 0.191. The number of carbonyl (C=O) groups excluding carboxylic acids is 3. The second kappa shape index (κ2) is 10.1. The molecule has 0 saturated carbocycles. The number of primary amides is 1. The molecule has 1 atom stereocenters. The molecule has 172 valence electrons. The number of carbonyl (C=O) groups is 3. The maximum absolute atomic E-state index is 12.8. The van der Waals surface area contributed by atoms with Crippen molar-refractivity contribution < 1.29 is 19.1 Å². The predicted molar refractivity (Wildman–Crippen MR) is 127 cm³/mol. The summed E-state index contributed by atoms with van der Waals surface area (Å²) < 4.78 is 5.10. The standard InChI is InChI=1S/C23H30N4O4S/c1-5-31-23(30)19-16(4)20(21(24)29)32-22(19)25-18(28)13-26-10-11-27(15(3)12-26)17-8-6-14(2)7-9-17/h6-9,15H,5,10-13H2,1-4H3,(H2,24,29)(H,25,28)/t15-/m1/s1. The van der Waals surface area contributed by atoms with Crippen LogP contribution in [-0.2, 0) is 9.53 Å². The Hall–Kier alpha value is -2.91. The van der Waals surface area contributed by atoms with Gasteiger partial charge < -0.3 is 20.7 Å². The molecule has 3 N–H and O–H groups in total. The lowest BCUT2D eigenvalue weighted by molar-refractivity contribution is -0.117. The van der Waals surface area contributed by atoms with Gasteiger partial charge in [-0.3, -0.25) is 14.5 Å². The molecule has 1 saturated heterocycles. The quantitative estimate of drug-likeness (QED) is 0.618. The fraction of sp³-hybridized carbons (Fsp3) is 0.435. The average molecular weight is 459 g/mol. The fourth-order valence-corrected chi connectivity index (χ4v) is 5.01. The van der Waals surface area contributed by atoms with Crippen LogP contribution in [0.15, 0.2) is 24.3 Å². The molecule has 1 aromatic carbocycles. The number of amides is 2. The first kappa shape index (κ1) is 23.7. The number of benzene rings is 1. The highest BCUT2D eigenvalue weighted by Crippen LogP contribution is 2.33. The molecule has 1 aliphatic heterocycles. The molecule has 0 bridgehead atoms. The normalized spacial score (nSPS) is 16.6. The van der Waals surface area contributed by atoms with Crippen LogP contribution >= 0.6 is 11.3 Å². The largest absolute Gasteiger partial charge is 0.462 e. The van der Waals surface area contributed by atoms with Crippen LogP contribution in [0.5, 0.6) is 0 Å². The van der Waals surface area contributed by atoms with Crippen molar-refractivity contribution in [2.45, 2.75) is 33.7 Å². The Balaban J connectivity index is 1.66. The Kier molecular flexibility index (Phi) is 7.52. The van der Waals surface area contributed by atoms with Gasteiger partial charge in [0.1, 0.15) is 5.00 Å². The molecule has 0 unspecified atom stereocenters. The molecular formula is C23H30N4O4S. The van der Waals surface area contributed by atoms with Crippen molar-refractivity contribution in [1.82, 2.24) is 4.90 Å². The van der Waals surface area contributed by atoms with Crippen molar-refractivity contribution in [3.05, 3.63) is 45.8 Å². The summed E-state index contributed by atoms with van der Waals surface area (Å²) in [6, 6.07) is 8.71. The summed E-state index contributed by atoms with van der Waals surface area (Å²) >= 11 is 1.00. The zero-order chi connectivity index (χ0) is 23.4. The number of thiophene rings is 1. The van der Waals surface area contributed by atoms with E-state index in [0.717, 1.165) is 31.0 Å². The molecule has 32 heavy (non-hydrogen) atoms. The fourth-order valence-electron chi connectivity index (χ4n) is 3.95. The Morgan fingerprint density at radius 3 is 2.47 bits per heavy atom. The Morgan fingerprint density at radius 1 is 1.19 bits per heavy atom. The van der Waals surface area contributed by atoms with E-state index in [1.165, 1.54) is 11.3 Å². The highest BCUT2D eigenvalue weighted by Gasteiger charge is 2.28. The highest BCUT2D eigenvalue weighted by molar-refractivity contribution is 7.18. The summed E-state index contributed by atoms with van der Waals surface area (Å²) in [5, 5.41) is 3.09. The van der Waals surface area contributed by atoms with Crippen molar-refractivity contribution >= 4 is 39.8 Å². The summed E-state index contributed by atoms with van der Waals surface area (Å²) in [4.78, 5) is 41.6. The Morgan fingerprint density at radius 2 is 1.88 bits per heavy atom. The number of piperazine rings is 1. The van der Waals surface area contributed by atoms with Gasteiger partial charge in [-0.05, 0) is 45.4 Å². The summed E-state index contributed by atoms with van der Waals surface area (Å²) in [7, 11) is 0. The SMILES string of the molecule is CCOC(=O)c1c(NC(=O)CN2CCN(c3ccc(C)cc3)[C@H](C)C2)sc(C(N)=O)c1C. The number of nitrogens with zero attached hydrogens (tertiary/aromatic N) is 2. The predicted octanol–water partition coefficient (Wildman–Crippen LogP) is 2.79. The van der Waals surface area contributed by atoms with E-state index in [1.54, 1.807) is 13.8 Å². The van der Waals surface area contributed by atoms with Gasteiger partial charge in [-0.1, -0.05) is 17.7 Å². The smallest absolute Gasteiger partial charge is 0.341 e. The number of anilines is 2. The zero-order valence-electron chi connectivity index (χ0n) is 18.9. The van der Waals surface area contributed by atoms with Gasteiger partial charge in [0.15, 0.2) is 0 Å². The van der Waals surface area contributed by atoms with E-state index in [0.29, 0.717) is 10.6 Å². The molecule has 2 heterocycles. The second-order valence-corrected chi connectivity index (χ2v) is 9.03. The van der Waals surface area contributed by atoms with Gasteiger partial charge in [0, 0.05) is 31.4 Å². The van der Waals surface area contributed by atoms with Gasteiger partial charge in [0.25, 0.3) is 5.91 Å². The van der Waals surface area contributed by atoms with Crippen LogP contribution < -0.4 is 16.0 Å². The van der Waals surface area contributed by atoms with Crippen LogP contribution in [0.1, 0.15) is 45.0 Å². The summed E-state index contributed by atoms with van der Waals surface area (Å²) in [5.41, 5.74) is 8.45. The van der Waals surface area contributed by atoms with Gasteiger partial charge in [-0.2, -0.15) is 0 Å². The van der Waals surface area contributed by atoms with Crippen LogP contribution in [0, 0.1) is 13.8 Å². The van der Waals surface area contributed by atoms with E-state index in [4.69, 9.17) is 10.5 Å². The van der Waals surface area contributed by atoms with E-state index in [1.807, 2.05) is 0 Å². The number of nitrogens with two attached hydrogens (primary N) is 1. The molecule has 0 aliphatic carbocycles. The summed E-state index contributed by atoms with van der Waals surface area (Å²) in [6.07, 6.45) is 0. The monoisotopic (exact) mass is 458 g/mol. The number of nitrogens with one attached hydrogen (secondary N) is 1. The molecule has 9 heteroatoms. The van der Waals surface area contributed by atoms with Gasteiger partial charge >= 0.3 is 5.97 Å². The van der Waals surface area contributed by atoms with Gasteiger partial charge in [-0.15, -0.1) is 11.3 Å². The molecule has 1 fully saturated rings. The second-order valence-electron chi connectivity index (χ2n) is 8.01. The number of hydrogen-bond acceptors (Lipinski definition) is 7. The molecule has 0 radical (unpaired) electrons. The molecular weight excluding hydrogens is 428 g/mol. The third-order valence-corrected chi connectivity index (χ3v) is 6.77. The first-order valence-electron chi connectivity index (χ1n) is 10.7. The number of rotatable bonds is 7. The molecule has 2 amide bonds. The first-order chi connectivity index (χ1) is 15.2. The van der Waals surface area contributed by atoms with E-state index in [2.05, 4.69) is 53.2 Å². The van der Waals surface area contributed by atoms with Crippen LogP contribution in [-0.4, -0.2) is 61.5 Å². The summed E-state index contributed by atoms with van der Waals surface area (Å²) in [6.45, 7) is 10.2. The minimum atomic E-state index is -0.639. The van der Waals surface area contributed by atoms with Crippen molar-refractivity contribution in [2.24, 2.45) is 5.73 Å². The first-order valence-corrected chi connectivity index (χ1v) is 11.5.